The van der Waals surface area contributed by atoms with E-state index in [4.69, 9.17) is 4.42 Å². The minimum absolute atomic E-state index is 0. The van der Waals surface area contributed by atoms with Crippen LogP contribution in [0.5, 0.6) is 0 Å². The molecule has 2 rings (SSSR count). The zero-order chi connectivity index (χ0) is 16.7. The zero-order valence-corrected chi connectivity index (χ0v) is 17.1. The summed E-state index contributed by atoms with van der Waals surface area (Å²) >= 11 is 0. The molecule has 0 radical (unpaired) electrons. The highest BCUT2D eigenvalue weighted by atomic mass is 127. The first-order chi connectivity index (χ1) is 11.1. The second kappa shape index (κ2) is 10.3. The molecule has 2 N–H and O–H groups in total. The summed E-state index contributed by atoms with van der Waals surface area (Å²) in [6, 6.07) is 6.10. The molecule has 0 amide bonds. The molecule has 0 aromatic carbocycles. The fourth-order valence-electron chi connectivity index (χ4n) is 2.35. The lowest BCUT2D eigenvalue weighted by atomic mass is 10.1. The van der Waals surface area contributed by atoms with Crippen LogP contribution in [0.2, 0.25) is 0 Å². The van der Waals surface area contributed by atoms with Gasteiger partial charge in [-0.1, -0.05) is 0 Å². The highest BCUT2D eigenvalue weighted by molar-refractivity contribution is 14.0. The number of halogens is 1. The smallest absolute Gasteiger partial charge is 0.191 e. The van der Waals surface area contributed by atoms with Gasteiger partial charge in [0.15, 0.2) is 5.96 Å². The normalized spacial score (nSPS) is 12.4. The minimum Gasteiger partial charge on any atom is -0.464 e. The molecule has 0 saturated heterocycles. The fraction of sp³-hybridized carbons (Fsp3) is 0.444. The van der Waals surface area contributed by atoms with Crippen molar-refractivity contribution in [1.29, 1.82) is 0 Å². The van der Waals surface area contributed by atoms with E-state index in [1.807, 2.05) is 31.5 Å². The molecule has 5 nitrogen and oxygen atoms in total. The van der Waals surface area contributed by atoms with Crippen LogP contribution in [-0.4, -0.2) is 24.0 Å². The van der Waals surface area contributed by atoms with Crippen molar-refractivity contribution in [3.8, 4) is 0 Å². The first-order valence-corrected chi connectivity index (χ1v) is 8.10. The standard InChI is InChI=1S/C18H26N4O.HI/c1-5-20-18(22-15(4)17-7-6-14(3)23-17)21-11-9-16-8-10-19-12-13(16)2;/h6-8,10,12,15H,5,9,11H2,1-4H3,(H2,20,21,22);1H. The Morgan fingerprint density at radius 3 is 2.71 bits per heavy atom. The summed E-state index contributed by atoms with van der Waals surface area (Å²) in [6.07, 6.45) is 4.62. The summed E-state index contributed by atoms with van der Waals surface area (Å²) in [4.78, 5) is 8.78. The summed E-state index contributed by atoms with van der Waals surface area (Å²) in [7, 11) is 0. The Morgan fingerprint density at radius 1 is 1.29 bits per heavy atom. The van der Waals surface area contributed by atoms with Crippen LogP contribution in [0.15, 0.2) is 40.0 Å². The van der Waals surface area contributed by atoms with Gasteiger partial charge in [-0.3, -0.25) is 9.98 Å². The van der Waals surface area contributed by atoms with Crippen LogP contribution in [-0.2, 0) is 6.42 Å². The molecule has 1 atom stereocenters. The number of aryl methyl sites for hydroxylation is 2. The van der Waals surface area contributed by atoms with Gasteiger partial charge in [-0.25, -0.2) is 0 Å². The number of aliphatic imine (C=N–C) groups is 1. The Morgan fingerprint density at radius 2 is 2.08 bits per heavy atom. The van der Waals surface area contributed by atoms with Crippen molar-refractivity contribution in [2.24, 2.45) is 4.99 Å². The number of hydrogen-bond acceptors (Lipinski definition) is 3. The molecule has 2 heterocycles. The van der Waals surface area contributed by atoms with Gasteiger partial charge in [0.05, 0.1) is 6.04 Å². The monoisotopic (exact) mass is 442 g/mol. The van der Waals surface area contributed by atoms with Crippen LogP contribution in [0.4, 0.5) is 0 Å². The molecule has 6 heteroatoms. The Kier molecular flexibility index (Phi) is 8.81. The van der Waals surface area contributed by atoms with Gasteiger partial charge in [0.2, 0.25) is 0 Å². The van der Waals surface area contributed by atoms with Gasteiger partial charge in [-0.15, -0.1) is 24.0 Å². The number of furan rings is 1. The molecule has 132 valence electrons. The van der Waals surface area contributed by atoms with E-state index in [0.717, 1.165) is 37.0 Å². The third-order valence-electron chi connectivity index (χ3n) is 3.67. The average molecular weight is 442 g/mol. The molecule has 0 aliphatic heterocycles. The molecular formula is C18H27IN4O. The van der Waals surface area contributed by atoms with Crippen LogP contribution in [0, 0.1) is 13.8 Å². The van der Waals surface area contributed by atoms with Crippen LogP contribution >= 0.6 is 24.0 Å². The van der Waals surface area contributed by atoms with Gasteiger partial charge in [-0.05, 0) is 63.4 Å². The van der Waals surface area contributed by atoms with Crippen LogP contribution < -0.4 is 10.6 Å². The van der Waals surface area contributed by atoms with Crippen molar-refractivity contribution in [3.05, 3.63) is 53.2 Å². The van der Waals surface area contributed by atoms with E-state index in [1.54, 1.807) is 0 Å². The number of guanidine groups is 1. The molecule has 0 spiro atoms. The van der Waals surface area contributed by atoms with Crippen molar-refractivity contribution in [2.45, 2.75) is 40.2 Å². The first kappa shape index (κ1) is 20.5. The molecule has 0 bridgehead atoms. The molecule has 0 saturated carbocycles. The van der Waals surface area contributed by atoms with Gasteiger partial charge in [0.25, 0.3) is 0 Å². The van der Waals surface area contributed by atoms with Gasteiger partial charge < -0.3 is 15.1 Å². The van der Waals surface area contributed by atoms with E-state index in [2.05, 4.69) is 47.4 Å². The number of pyridine rings is 1. The molecule has 2 aromatic rings. The van der Waals surface area contributed by atoms with Crippen molar-refractivity contribution >= 4 is 29.9 Å². The van der Waals surface area contributed by atoms with Crippen LogP contribution in [0.25, 0.3) is 0 Å². The highest BCUT2D eigenvalue weighted by Crippen LogP contribution is 2.15. The topological polar surface area (TPSA) is 62.5 Å². The Bertz CT molecular complexity index is 654. The van der Waals surface area contributed by atoms with Gasteiger partial charge >= 0.3 is 0 Å². The molecule has 0 aliphatic rings. The second-order valence-electron chi connectivity index (χ2n) is 5.63. The van der Waals surface area contributed by atoms with E-state index in [9.17, 15) is 0 Å². The lowest BCUT2D eigenvalue weighted by Gasteiger charge is -2.16. The summed E-state index contributed by atoms with van der Waals surface area (Å²) in [5, 5.41) is 6.66. The van der Waals surface area contributed by atoms with Gasteiger partial charge in [0.1, 0.15) is 11.5 Å². The van der Waals surface area contributed by atoms with Crippen molar-refractivity contribution in [3.63, 3.8) is 0 Å². The van der Waals surface area contributed by atoms with Crippen LogP contribution in [0.1, 0.15) is 42.5 Å². The first-order valence-electron chi connectivity index (χ1n) is 8.10. The third kappa shape index (κ3) is 6.14. The van der Waals surface area contributed by atoms with Crippen molar-refractivity contribution in [2.75, 3.05) is 13.1 Å². The predicted molar refractivity (Wildman–Crippen MR) is 109 cm³/mol. The Hall–Kier alpha value is -1.57. The summed E-state index contributed by atoms with van der Waals surface area (Å²) in [5.74, 6) is 2.64. The Labute approximate surface area is 161 Å². The Balaban J connectivity index is 0.00000288. The van der Waals surface area contributed by atoms with E-state index in [0.29, 0.717) is 0 Å². The fourth-order valence-corrected chi connectivity index (χ4v) is 2.35. The quantitative estimate of drug-likeness (QED) is 0.406. The SMILES string of the molecule is CCNC(=NCCc1ccncc1C)NC(C)c1ccc(C)o1.I. The maximum Gasteiger partial charge on any atom is 0.191 e. The lowest BCUT2D eigenvalue weighted by Crippen LogP contribution is -2.38. The van der Waals surface area contributed by atoms with Gasteiger partial charge in [0, 0.05) is 25.5 Å². The minimum atomic E-state index is 0. The summed E-state index contributed by atoms with van der Waals surface area (Å²) in [6.45, 7) is 9.71. The van der Waals surface area contributed by atoms with Crippen molar-refractivity contribution < 1.29 is 4.42 Å². The lowest BCUT2D eigenvalue weighted by molar-refractivity contribution is 0.441. The number of nitrogens with one attached hydrogen (secondary N) is 2. The van der Waals surface area contributed by atoms with E-state index in [-0.39, 0.29) is 30.0 Å². The largest absolute Gasteiger partial charge is 0.464 e. The summed E-state index contributed by atoms with van der Waals surface area (Å²) in [5.41, 5.74) is 2.49. The van der Waals surface area contributed by atoms with E-state index >= 15 is 0 Å². The van der Waals surface area contributed by atoms with E-state index < -0.39 is 0 Å². The maximum atomic E-state index is 5.66. The third-order valence-corrected chi connectivity index (χ3v) is 3.67. The number of hydrogen-bond donors (Lipinski definition) is 2. The molecule has 24 heavy (non-hydrogen) atoms. The van der Waals surface area contributed by atoms with Gasteiger partial charge in [-0.2, -0.15) is 0 Å². The van der Waals surface area contributed by atoms with Crippen LogP contribution in [0.3, 0.4) is 0 Å². The molecule has 1 unspecified atom stereocenters. The average Bonchev–Trinajstić information content (AvgIpc) is 2.96. The molecule has 2 aromatic heterocycles. The zero-order valence-electron chi connectivity index (χ0n) is 14.8. The number of aromatic nitrogens is 1. The predicted octanol–water partition coefficient (Wildman–Crippen LogP) is 3.77. The molecular weight excluding hydrogens is 415 g/mol. The maximum absolute atomic E-state index is 5.66. The number of rotatable bonds is 6. The number of nitrogens with zero attached hydrogens (tertiary/aromatic N) is 2. The highest BCUT2D eigenvalue weighted by Gasteiger charge is 2.11. The summed E-state index contributed by atoms with van der Waals surface area (Å²) < 4.78 is 5.66. The van der Waals surface area contributed by atoms with E-state index in [1.165, 1.54) is 11.1 Å². The second-order valence-corrected chi connectivity index (χ2v) is 5.63. The van der Waals surface area contributed by atoms with Crippen molar-refractivity contribution in [1.82, 2.24) is 15.6 Å². The molecule has 0 aliphatic carbocycles. The molecule has 0 fully saturated rings.